The lowest BCUT2D eigenvalue weighted by Crippen LogP contribution is -2.33. The third-order valence-electron chi connectivity index (χ3n) is 2.54. The number of hydrogen-bond donors (Lipinski definition) is 1. The summed E-state index contributed by atoms with van der Waals surface area (Å²) in [7, 11) is 0. The smallest absolute Gasteiger partial charge is 0.269 e. The first-order chi connectivity index (χ1) is 8.08. The number of hydrogen-bond acceptors (Lipinski definition) is 3. The van der Waals surface area contributed by atoms with Crippen molar-refractivity contribution in [2.24, 2.45) is 5.92 Å². The largest absolute Gasteiger partial charge is 0.354 e. The van der Waals surface area contributed by atoms with Crippen molar-refractivity contribution in [1.29, 1.82) is 0 Å². The Morgan fingerprint density at radius 1 is 1.65 bits per heavy atom. The summed E-state index contributed by atoms with van der Waals surface area (Å²) in [5.41, 5.74) is -0.355. The maximum atomic E-state index is 11.7. The molecule has 0 aliphatic heterocycles. The zero-order valence-electron chi connectivity index (χ0n) is 8.95. The van der Waals surface area contributed by atoms with Gasteiger partial charge in [0.1, 0.15) is 11.0 Å². The van der Waals surface area contributed by atoms with Crippen LogP contribution in [-0.2, 0) is 11.3 Å². The second kappa shape index (κ2) is 5.18. The zero-order chi connectivity index (χ0) is 12.4. The molecule has 1 aromatic heterocycles. The summed E-state index contributed by atoms with van der Waals surface area (Å²) in [5.74, 6) is 0.431. The summed E-state index contributed by atoms with van der Waals surface area (Å²) in [4.78, 5) is 27.0. The lowest BCUT2D eigenvalue weighted by molar-refractivity contribution is -0.121. The van der Waals surface area contributed by atoms with Crippen molar-refractivity contribution < 1.29 is 4.79 Å². The van der Waals surface area contributed by atoms with Gasteiger partial charge in [-0.15, -0.1) is 0 Å². The van der Waals surface area contributed by atoms with Crippen molar-refractivity contribution in [3.05, 3.63) is 26.3 Å². The number of carbonyl (C=O) groups is 1. The van der Waals surface area contributed by atoms with Crippen LogP contribution in [0.1, 0.15) is 12.8 Å². The Kier molecular flexibility index (Phi) is 3.83. The molecule has 1 aliphatic carbocycles. The third kappa shape index (κ3) is 3.29. The summed E-state index contributed by atoms with van der Waals surface area (Å²) < 4.78 is 1.40. The molecule has 92 valence electrons. The molecule has 0 aromatic carbocycles. The predicted molar refractivity (Wildman–Crippen MR) is 66.9 cm³/mol. The minimum absolute atomic E-state index is 0.0334. The van der Waals surface area contributed by atoms with Crippen LogP contribution in [0.3, 0.4) is 0 Å². The third-order valence-corrected chi connectivity index (χ3v) is 3.77. The summed E-state index contributed by atoms with van der Waals surface area (Å²) in [6.45, 7) is 0.657. The van der Waals surface area contributed by atoms with Crippen LogP contribution in [0.15, 0.2) is 15.6 Å². The molecule has 2 rings (SSSR count). The minimum atomic E-state index is -0.355. The molecule has 0 spiro atoms. The van der Waals surface area contributed by atoms with Crippen LogP contribution < -0.4 is 10.9 Å². The Labute approximate surface area is 111 Å². The van der Waals surface area contributed by atoms with Crippen LogP contribution in [0.2, 0.25) is 5.15 Å². The Balaban J connectivity index is 2.00. The molecule has 1 N–H and O–H groups in total. The fourth-order valence-corrected chi connectivity index (χ4v) is 1.80. The van der Waals surface area contributed by atoms with Crippen LogP contribution in [0.5, 0.6) is 0 Å². The van der Waals surface area contributed by atoms with E-state index in [0.29, 0.717) is 12.5 Å². The highest BCUT2D eigenvalue weighted by Crippen LogP contribution is 2.27. The van der Waals surface area contributed by atoms with E-state index in [1.165, 1.54) is 23.7 Å². The number of aromatic nitrogens is 2. The van der Waals surface area contributed by atoms with Gasteiger partial charge in [0.25, 0.3) is 5.56 Å². The van der Waals surface area contributed by atoms with Crippen LogP contribution in [0.25, 0.3) is 0 Å². The number of nitrogens with zero attached hydrogens (tertiary/aromatic N) is 2. The molecule has 1 fully saturated rings. The van der Waals surface area contributed by atoms with Crippen molar-refractivity contribution in [1.82, 2.24) is 14.9 Å². The average Bonchev–Trinajstić information content (AvgIpc) is 3.11. The standard InChI is InChI=1S/C10H11BrClN3O2/c11-8-9(12)14-5-15(10(8)17)4-7(16)13-3-6-1-2-6/h5-6H,1-4H2,(H,13,16). The van der Waals surface area contributed by atoms with Gasteiger partial charge in [0.15, 0.2) is 5.15 Å². The SMILES string of the molecule is O=C(Cn1cnc(Cl)c(Br)c1=O)NCC1CC1. The highest BCUT2D eigenvalue weighted by molar-refractivity contribution is 9.10. The number of amides is 1. The minimum Gasteiger partial charge on any atom is -0.354 e. The van der Waals surface area contributed by atoms with Gasteiger partial charge in [-0.05, 0) is 34.7 Å². The van der Waals surface area contributed by atoms with E-state index >= 15 is 0 Å². The van der Waals surface area contributed by atoms with Gasteiger partial charge < -0.3 is 5.32 Å². The van der Waals surface area contributed by atoms with Gasteiger partial charge in [0, 0.05) is 6.54 Å². The van der Waals surface area contributed by atoms with E-state index in [0.717, 1.165) is 0 Å². The normalized spacial score (nSPS) is 14.7. The quantitative estimate of drug-likeness (QED) is 0.848. The van der Waals surface area contributed by atoms with Gasteiger partial charge in [0.2, 0.25) is 5.91 Å². The van der Waals surface area contributed by atoms with Crippen molar-refractivity contribution >= 4 is 33.4 Å². The Morgan fingerprint density at radius 3 is 3.00 bits per heavy atom. The molecule has 0 bridgehead atoms. The first-order valence-corrected chi connectivity index (χ1v) is 6.42. The maximum Gasteiger partial charge on any atom is 0.269 e. The van der Waals surface area contributed by atoms with Crippen molar-refractivity contribution in [3.8, 4) is 0 Å². The lowest BCUT2D eigenvalue weighted by atomic mass is 10.4. The molecule has 1 aliphatic rings. The van der Waals surface area contributed by atoms with Crippen LogP contribution in [0, 0.1) is 5.92 Å². The van der Waals surface area contributed by atoms with Gasteiger partial charge in [-0.1, -0.05) is 11.6 Å². The van der Waals surface area contributed by atoms with Gasteiger partial charge in [-0.25, -0.2) is 4.98 Å². The topological polar surface area (TPSA) is 64.0 Å². The molecule has 1 amide bonds. The Morgan fingerprint density at radius 2 is 2.35 bits per heavy atom. The molecule has 17 heavy (non-hydrogen) atoms. The molecular formula is C10H11BrClN3O2. The monoisotopic (exact) mass is 319 g/mol. The second-order valence-corrected chi connectivity index (χ2v) is 5.18. The van der Waals surface area contributed by atoms with Crippen molar-refractivity contribution in [3.63, 3.8) is 0 Å². The molecular weight excluding hydrogens is 309 g/mol. The van der Waals surface area contributed by atoms with E-state index in [9.17, 15) is 9.59 Å². The fraction of sp³-hybridized carbons (Fsp3) is 0.500. The van der Waals surface area contributed by atoms with Crippen molar-refractivity contribution in [2.45, 2.75) is 19.4 Å². The molecule has 1 saturated carbocycles. The van der Waals surface area contributed by atoms with E-state index in [4.69, 9.17) is 11.6 Å². The molecule has 0 radical (unpaired) electrons. The molecule has 0 saturated heterocycles. The molecule has 0 unspecified atom stereocenters. The molecule has 1 heterocycles. The summed E-state index contributed by atoms with van der Waals surface area (Å²) in [5, 5.41) is 2.88. The predicted octanol–water partition coefficient (Wildman–Crippen LogP) is 1.19. The molecule has 0 atom stereocenters. The number of nitrogens with one attached hydrogen (secondary N) is 1. The van der Waals surface area contributed by atoms with Crippen LogP contribution in [0.4, 0.5) is 0 Å². The number of rotatable bonds is 4. The van der Waals surface area contributed by atoms with E-state index in [-0.39, 0.29) is 27.6 Å². The molecule has 5 nitrogen and oxygen atoms in total. The van der Waals surface area contributed by atoms with Crippen molar-refractivity contribution in [2.75, 3.05) is 6.54 Å². The van der Waals surface area contributed by atoms with E-state index in [2.05, 4.69) is 26.2 Å². The van der Waals surface area contributed by atoms with Gasteiger partial charge >= 0.3 is 0 Å². The fourth-order valence-electron chi connectivity index (χ4n) is 1.35. The Hall–Kier alpha value is -0.880. The van der Waals surface area contributed by atoms with Crippen LogP contribution >= 0.6 is 27.5 Å². The number of carbonyl (C=O) groups excluding carboxylic acids is 1. The maximum absolute atomic E-state index is 11.7. The van der Waals surface area contributed by atoms with E-state index < -0.39 is 0 Å². The van der Waals surface area contributed by atoms with Crippen LogP contribution in [-0.4, -0.2) is 22.0 Å². The number of halogens is 2. The van der Waals surface area contributed by atoms with E-state index in [1.54, 1.807) is 0 Å². The average molecular weight is 321 g/mol. The first kappa shape index (κ1) is 12.6. The summed E-state index contributed by atoms with van der Waals surface area (Å²) in [6, 6.07) is 0. The zero-order valence-corrected chi connectivity index (χ0v) is 11.3. The second-order valence-electron chi connectivity index (χ2n) is 4.03. The summed E-state index contributed by atoms with van der Waals surface area (Å²) >= 11 is 8.69. The lowest BCUT2D eigenvalue weighted by Gasteiger charge is -2.07. The van der Waals surface area contributed by atoms with Gasteiger partial charge in [-0.3, -0.25) is 14.2 Å². The first-order valence-electron chi connectivity index (χ1n) is 5.25. The van der Waals surface area contributed by atoms with Gasteiger partial charge in [0.05, 0.1) is 6.33 Å². The molecule has 1 aromatic rings. The summed E-state index contributed by atoms with van der Waals surface area (Å²) in [6.07, 6.45) is 3.62. The van der Waals surface area contributed by atoms with E-state index in [1.807, 2.05) is 0 Å². The highest BCUT2D eigenvalue weighted by atomic mass is 79.9. The highest BCUT2D eigenvalue weighted by Gasteiger charge is 2.21. The van der Waals surface area contributed by atoms with Gasteiger partial charge in [-0.2, -0.15) is 0 Å². The molecule has 7 heteroatoms. The Bertz CT molecular complexity index is 499.